The molecule has 0 aliphatic carbocycles. The number of nitrogens with one attached hydrogen (secondary N) is 2. The van der Waals surface area contributed by atoms with Crippen LogP contribution in [0.5, 0.6) is 0 Å². The average molecular weight is 239 g/mol. The number of hydrogen-bond acceptors (Lipinski definition) is 4. The summed E-state index contributed by atoms with van der Waals surface area (Å²) < 4.78 is 0. The Morgan fingerprint density at radius 3 is 3.06 bits per heavy atom. The van der Waals surface area contributed by atoms with Crippen molar-refractivity contribution in [1.29, 1.82) is 0 Å². The molecule has 0 aliphatic rings. The Balaban J connectivity index is 1.94. The van der Waals surface area contributed by atoms with Gasteiger partial charge in [-0.25, -0.2) is 0 Å². The van der Waals surface area contributed by atoms with Crippen LogP contribution in [-0.4, -0.2) is 15.2 Å². The van der Waals surface area contributed by atoms with Crippen LogP contribution >= 0.6 is 0 Å². The first-order valence-electron chi connectivity index (χ1n) is 5.69. The van der Waals surface area contributed by atoms with Crippen molar-refractivity contribution in [3.8, 4) is 0 Å². The summed E-state index contributed by atoms with van der Waals surface area (Å²) in [6, 6.07) is 7.75. The number of nitrogen functional groups attached to an aromatic ring is 1. The molecule has 0 bridgehead atoms. The molecule has 2 aromatic heterocycles. The summed E-state index contributed by atoms with van der Waals surface area (Å²) in [7, 11) is 0. The Labute approximate surface area is 104 Å². The lowest BCUT2D eigenvalue weighted by Gasteiger charge is -2.09. The van der Waals surface area contributed by atoms with Crippen LogP contribution in [0.15, 0.2) is 42.9 Å². The molecule has 5 heteroatoms. The van der Waals surface area contributed by atoms with Gasteiger partial charge in [-0.1, -0.05) is 12.1 Å². The van der Waals surface area contributed by atoms with E-state index in [0.717, 1.165) is 22.2 Å². The zero-order chi connectivity index (χ0) is 12.4. The van der Waals surface area contributed by atoms with E-state index in [4.69, 9.17) is 5.73 Å². The van der Waals surface area contributed by atoms with Gasteiger partial charge in [0.05, 0.1) is 17.4 Å². The highest BCUT2D eigenvalue weighted by Crippen LogP contribution is 2.25. The Hall–Kier alpha value is -2.56. The van der Waals surface area contributed by atoms with Gasteiger partial charge in [-0.3, -0.25) is 10.1 Å². The monoisotopic (exact) mass is 239 g/mol. The molecule has 1 aromatic carbocycles. The van der Waals surface area contributed by atoms with Gasteiger partial charge in [-0.2, -0.15) is 5.10 Å². The highest BCUT2D eigenvalue weighted by atomic mass is 15.1. The quantitative estimate of drug-likeness (QED) is 0.612. The molecule has 0 saturated heterocycles. The van der Waals surface area contributed by atoms with E-state index in [0.29, 0.717) is 12.2 Å². The number of nitrogens with two attached hydrogens (primary N) is 1. The van der Waals surface area contributed by atoms with Gasteiger partial charge in [0.2, 0.25) is 0 Å². The van der Waals surface area contributed by atoms with Crippen molar-refractivity contribution in [1.82, 2.24) is 15.2 Å². The van der Waals surface area contributed by atoms with Crippen molar-refractivity contribution < 1.29 is 0 Å². The summed E-state index contributed by atoms with van der Waals surface area (Å²) in [6.07, 6.45) is 5.42. The van der Waals surface area contributed by atoms with Gasteiger partial charge in [0, 0.05) is 35.6 Å². The van der Waals surface area contributed by atoms with E-state index in [1.165, 1.54) is 0 Å². The fraction of sp³-hybridized carbons (Fsp3) is 0.0769. The van der Waals surface area contributed by atoms with E-state index in [1.807, 2.05) is 30.5 Å². The van der Waals surface area contributed by atoms with Gasteiger partial charge in [0.15, 0.2) is 0 Å². The Bertz CT molecular complexity index is 660. The lowest BCUT2D eigenvalue weighted by molar-refractivity contribution is 1.09. The van der Waals surface area contributed by atoms with Crippen molar-refractivity contribution in [3.63, 3.8) is 0 Å². The van der Waals surface area contributed by atoms with Gasteiger partial charge < -0.3 is 11.1 Å². The second-order valence-electron chi connectivity index (χ2n) is 4.06. The van der Waals surface area contributed by atoms with Crippen molar-refractivity contribution in [2.45, 2.75) is 6.54 Å². The van der Waals surface area contributed by atoms with Crippen LogP contribution in [0, 0.1) is 0 Å². The normalized spacial score (nSPS) is 10.7. The van der Waals surface area contributed by atoms with Crippen LogP contribution in [0.1, 0.15) is 5.56 Å². The van der Waals surface area contributed by atoms with Gasteiger partial charge in [0.25, 0.3) is 0 Å². The number of para-hydroxylation sites is 1. The fourth-order valence-corrected chi connectivity index (χ4v) is 1.92. The average Bonchev–Trinajstić information content (AvgIpc) is 2.90. The zero-order valence-electron chi connectivity index (χ0n) is 9.72. The second-order valence-corrected chi connectivity index (χ2v) is 4.06. The van der Waals surface area contributed by atoms with Gasteiger partial charge in [-0.15, -0.1) is 0 Å². The molecule has 3 aromatic rings. The number of pyridine rings is 1. The number of anilines is 2. The minimum Gasteiger partial charge on any atom is -0.397 e. The van der Waals surface area contributed by atoms with E-state index in [2.05, 4.69) is 20.5 Å². The SMILES string of the molecule is Nc1cccc2c(NCc3cn[nH]c3)ccnc12. The van der Waals surface area contributed by atoms with E-state index < -0.39 is 0 Å². The molecule has 0 amide bonds. The Kier molecular flexibility index (Phi) is 2.57. The minimum absolute atomic E-state index is 0.694. The topological polar surface area (TPSA) is 79.6 Å². The second kappa shape index (κ2) is 4.37. The molecule has 0 spiro atoms. The van der Waals surface area contributed by atoms with E-state index in [-0.39, 0.29) is 0 Å². The van der Waals surface area contributed by atoms with Crippen LogP contribution in [-0.2, 0) is 6.54 Å². The van der Waals surface area contributed by atoms with Crippen LogP contribution in [0.4, 0.5) is 11.4 Å². The number of aromatic nitrogens is 3. The first-order chi connectivity index (χ1) is 8.84. The summed E-state index contributed by atoms with van der Waals surface area (Å²) in [5.41, 5.74) is 9.56. The van der Waals surface area contributed by atoms with Crippen molar-refractivity contribution >= 4 is 22.3 Å². The maximum atomic E-state index is 5.91. The number of hydrogen-bond donors (Lipinski definition) is 3. The summed E-state index contributed by atoms with van der Waals surface area (Å²) in [5.74, 6) is 0. The van der Waals surface area contributed by atoms with Gasteiger partial charge >= 0.3 is 0 Å². The highest BCUT2D eigenvalue weighted by Gasteiger charge is 2.04. The van der Waals surface area contributed by atoms with E-state index in [9.17, 15) is 0 Å². The zero-order valence-corrected chi connectivity index (χ0v) is 9.72. The van der Waals surface area contributed by atoms with Crippen LogP contribution in [0.3, 0.4) is 0 Å². The minimum atomic E-state index is 0.694. The Morgan fingerprint density at radius 1 is 1.28 bits per heavy atom. The molecule has 0 unspecified atom stereocenters. The predicted octanol–water partition coefficient (Wildman–Crippen LogP) is 2.15. The molecule has 3 rings (SSSR count). The number of fused-ring (bicyclic) bond motifs is 1. The van der Waals surface area contributed by atoms with Crippen LogP contribution < -0.4 is 11.1 Å². The first-order valence-corrected chi connectivity index (χ1v) is 5.69. The molecule has 0 atom stereocenters. The molecule has 90 valence electrons. The summed E-state index contributed by atoms with van der Waals surface area (Å²) in [5, 5.41) is 11.1. The molecule has 0 saturated carbocycles. The van der Waals surface area contributed by atoms with Crippen LogP contribution in [0.2, 0.25) is 0 Å². The first kappa shape index (κ1) is 10.6. The molecular formula is C13H13N5. The third kappa shape index (κ3) is 1.86. The number of nitrogens with zero attached hydrogens (tertiary/aromatic N) is 2. The van der Waals surface area contributed by atoms with Crippen molar-refractivity contribution in [3.05, 3.63) is 48.4 Å². The smallest absolute Gasteiger partial charge is 0.0951 e. The largest absolute Gasteiger partial charge is 0.397 e. The standard InChI is InChI=1S/C13H13N5/c14-11-3-1-2-10-12(4-5-15-13(10)11)16-6-9-7-17-18-8-9/h1-5,7-8H,6,14H2,(H,15,16)(H,17,18). The van der Waals surface area contributed by atoms with E-state index >= 15 is 0 Å². The van der Waals surface area contributed by atoms with Gasteiger partial charge in [-0.05, 0) is 12.1 Å². The number of benzene rings is 1. The third-order valence-corrected chi connectivity index (χ3v) is 2.84. The number of H-pyrrole nitrogens is 1. The van der Waals surface area contributed by atoms with E-state index in [1.54, 1.807) is 12.4 Å². The van der Waals surface area contributed by atoms with Crippen molar-refractivity contribution in [2.75, 3.05) is 11.1 Å². The highest BCUT2D eigenvalue weighted by molar-refractivity contribution is 5.97. The molecule has 4 N–H and O–H groups in total. The summed E-state index contributed by atoms with van der Waals surface area (Å²) in [4.78, 5) is 4.30. The lowest BCUT2D eigenvalue weighted by Crippen LogP contribution is -2.00. The number of aromatic amines is 1. The molecule has 5 nitrogen and oxygen atoms in total. The predicted molar refractivity (Wildman–Crippen MR) is 72.1 cm³/mol. The van der Waals surface area contributed by atoms with Crippen molar-refractivity contribution in [2.24, 2.45) is 0 Å². The molecule has 18 heavy (non-hydrogen) atoms. The van der Waals surface area contributed by atoms with Gasteiger partial charge in [0.1, 0.15) is 0 Å². The maximum Gasteiger partial charge on any atom is 0.0951 e. The molecule has 0 fully saturated rings. The van der Waals surface area contributed by atoms with Crippen LogP contribution in [0.25, 0.3) is 10.9 Å². The third-order valence-electron chi connectivity index (χ3n) is 2.84. The summed E-state index contributed by atoms with van der Waals surface area (Å²) >= 11 is 0. The lowest BCUT2D eigenvalue weighted by atomic mass is 10.1. The molecular weight excluding hydrogens is 226 g/mol. The summed E-state index contributed by atoms with van der Waals surface area (Å²) in [6.45, 7) is 0.713. The molecule has 0 radical (unpaired) electrons. The number of rotatable bonds is 3. The maximum absolute atomic E-state index is 5.91. The molecule has 0 aliphatic heterocycles. The fourth-order valence-electron chi connectivity index (χ4n) is 1.92. The molecule has 2 heterocycles. The Morgan fingerprint density at radius 2 is 2.22 bits per heavy atom.